The van der Waals surface area contributed by atoms with Gasteiger partial charge in [-0.05, 0) is 42.0 Å². The van der Waals surface area contributed by atoms with Gasteiger partial charge in [0.05, 0.1) is 0 Å². The molecule has 0 aromatic heterocycles. The lowest BCUT2D eigenvalue weighted by Gasteiger charge is -2.19. The Morgan fingerprint density at radius 1 is 0.941 bits per heavy atom. The van der Waals surface area contributed by atoms with Crippen molar-refractivity contribution in [3.05, 3.63) is 59.1 Å². The largest absolute Gasteiger partial charge is 0.345 e. The normalized spacial score (nSPS) is 10.3. The smallest absolute Gasteiger partial charge is 0.0409 e. The van der Waals surface area contributed by atoms with Crippen LogP contribution in [0.25, 0.3) is 0 Å². The maximum atomic E-state index is 5.87. The maximum Gasteiger partial charge on any atom is 0.0409 e. The van der Waals surface area contributed by atoms with Gasteiger partial charge >= 0.3 is 0 Å². The molecular weight excluding hydrogens is 232 g/mol. The zero-order valence-electron chi connectivity index (χ0n) is 9.73. The summed E-state index contributed by atoms with van der Waals surface area (Å²) < 4.78 is 0. The van der Waals surface area contributed by atoms with Crippen LogP contribution in [0.3, 0.4) is 0 Å². The summed E-state index contributed by atoms with van der Waals surface area (Å²) in [5.41, 5.74) is 8.95. The van der Waals surface area contributed by atoms with Gasteiger partial charge in [0.15, 0.2) is 0 Å². The fourth-order valence-corrected chi connectivity index (χ4v) is 1.80. The molecular formula is C14H15ClN2. The molecule has 2 aromatic carbocycles. The van der Waals surface area contributed by atoms with E-state index in [1.807, 2.05) is 43.4 Å². The van der Waals surface area contributed by atoms with Gasteiger partial charge < -0.3 is 10.6 Å². The molecule has 0 aliphatic carbocycles. The Kier molecular flexibility index (Phi) is 3.67. The second kappa shape index (κ2) is 5.21. The van der Waals surface area contributed by atoms with Crippen LogP contribution < -0.4 is 10.6 Å². The van der Waals surface area contributed by atoms with E-state index in [-0.39, 0.29) is 0 Å². The van der Waals surface area contributed by atoms with Crippen molar-refractivity contribution in [3.8, 4) is 0 Å². The molecule has 2 nitrogen and oxygen atoms in total. The quantitative estimate of drug-likeness (QED) is 0.897. The molecule has 2 aromatic rings. The second-order valence-corrected chi connectivity index (χ2v) is 4.34. The zero-order chi connectivity index (χ0) is 12.3. The second-order valence-electron chi connectivity index (χ2n) is 3.91. The van der Waals surface area contributed by atoms with Gasteiger partial charge in [-0.1, -0.05) is 23.7 Å². The van der Waals surface area contributed by atoms with Crippen molar-refractivity contribution in [2.75, 3.05) is 11.9 Å². The first-order valence-corrected chi connectivity index (χ1v) is 5.87. The van der Waals surface area contributed by atoms with Gasteiger partial charge in [-0.15, -0.1) is 0 Å². The van der Waals surface area contributed by atoms with E-state index in [4.69, 9.17) is 17.3 Å². The summed E-state index contributed by atoms with van der Waals surface area (Å²) in [4.78, 5) is 2.11. The van der Waals surface area contributed by atoms with Gasteiger partial charge in [-0.2, -0.15) is 0 Å². The average Bonchev–Trinajstić information content (AvgIpc) is 2.39. The highest BCUT2D eigenvalue weighted by atomic mass is 35.5. The molecule has 0 atom stereocenters. The standard InChI is InChI=1S/C14H15ClN2/c1-17(14-8-4-12(15)5-9-14)13-6-2-11(10-16)3-7-13/h2-9H,10,16H2,1H3. The Morgan fingerprint density at radius 2 is 1.41 bits per heavy atom. The van der Waals surface area contributed by atoms with E-state index >= 15 is 0 Å². The highest BCUT2D eigenvalue weighted by Gasteiger charge is 2.03. The van der Waals surface area contributed by atoms with Crippen LogP contribution in [0.5, 0.6) is 0 Å². The molecule has 0 aliphatic rings. The molecule has 0 spiro atoms. The SMILES string of the molecule is CN(c1ccc(Cl)cc1)c1ccc(CN)cc1. The van der Waals surface area contributed by atoms with Crippen molar-refractivity contribution in [1.29, 1.82) is 0 Å². The number of hydrogen-bond donors (Lipinski definition) is 1. The lowest BCUT2D eigenvalue weighted by molar-refractivity contribution is 1.07. The van der Waals surface area contributed by atoms with Crippen LogP contribution in [-0.4, -0.2) is 7.05 Å². The topological polar surface area (TPSA) is 29.3 Å². The van der Waals surface area contributed by atoms with Gasteiger partial charge in [0.25, 0.3) is 0 Å². The first-order chi connectivity index (χ1) is 8.20. The minimum atomic E-state index is 0.574. The molecule has 0 saturated heterocycles. The van der Waals surface area contributed by atoms with E-state index in [1.165, 1.54) is 0 Å². The third kappa shape index (κ3) is 2.78. The number of nitrogens with two attached hydrogens (primary N) is 1. The lowest BCUT2D eigenvalue weighted by Crippen LogP contribution is -2.09. The minimum Gasteiger partial charge on any atom is -0.345 e. The third-order valence-electron chi connectivity index (χ3n) is 2.77. The van der Waals surface area contributed by atoms with Crippen LogP contribution in [0.15, 0.2) is 48.5 Å². The van der Waals surface area contributed by atoms with Crippen molar-refractivity contribution in [3.63, 3.8) is 0 Å². The summed E-state index contributed by atoms with van der Waals surface area (Å²) in [7, 11) is 2.03. The highest BCUT2D eigenvalue weighted by Crippen LogP contribution is 2.24. The molecule has 0 radical (unpaired) electrons. The van der Waals surface area contributed by atoms with Crippen LogP contribution in [0.2, 0.25) is 5.02 Å². The van der Waals surface area contributed by atoms with E-state index in [9.17, 15) is 0 Å². The van der Waals surface area contributed by atoms with Gasteiger partial charge in [0, 0.05) is 30.0 Å². The summed E-state index contributed by atoms with van der Waals surface area (Å²) >= 11 is 5.87. The Balaban J connectivity index is 2.23. The van der Waals surface area contributed by atoms with Crippen molar-refractivity contribution >= 4 is 23.0 Å². The molecule has 2 rings (SSSR count). The fourth-order valence-electron chi connectivity index (χ4n) is 1.67. The molecule has 3 heteroatoms. The van der Waals surface area contributed by atoms with E-state index in [2.05, 4.69) is 17.0 Å². The highest BCUT2D eigenvalue weighted by molar-refractivity contribution is 6.30. The van der Waals surface area contributed by atoms with Crippen molar-refractivity contribution in [2.45, 2.75) is 6.54 Å². The van der Waals surface area contributed by atoms with E-state index in [0.29, 0.717) is 6.54 Å². The van der Waals surface area contributed by atoms with E-state index in [1.54, 1.807) is 0 Å². The summed E-state index contributed by atoms with van der Waals surface area (Å²) in [6.45, 7) is 0.574. The third-order valence-corrected chi connectivity index (χ3v) is 3.03. The molecule has 0 amide bonds. The van der Waals surface area contributed by atoms with Crippen molar-refractivity contribution in [2.24, 2.45) is 5.73 Å². The predicted octanol–water partition coefficient (Wildman–Crippen LogP) is 3.57. The number of anilines is 2. The number of benzene rings is 2. The zero-order valence-corrected chi connectivity index (χ0v) is 10.5. The molecule has 2 N–H and O–H groups in total. The first kappa shape index (κ1) is 12.0. The summed E-state index contributed by atoms with van der Waals surface area (Å²) in [6, 6.07) is 16.0. The monoisotopic (exact) mass is 246 g/mol. The van der Waals surface area contributed by atoms with Gasteiger partial charge in [0.2, 0.25) is 0 Å². The van der Waals surface area contributed by atoms with Crippen LogP contribution >= 0.6 is 11.6 Å². The summed E-state index contributed by atoms with van der Waals surface area (Å²) in [5, 5.41) is 0.751. The fraction of sp³-hybridized carbons (Fsp3) is 0.143. The van der Waals surface area contributed by atoms with Gasteiger partial charge in [-0.3, -0.25) is 0 Å². The summed E-state index contributed by atoms with van der Waals surface area (Å²) in [6.07, 6.45) is 0. The Bertz CT molecular complexity index is 477. The molecule has 88 valence electrons. The molecule has 0 heterocycles. The Labute approximate surface area is 107 Å². The molecule has 0 aliphatic heterocycles. The molecule has 0 fully saturated rings. The average molecular weight is 247 g/mol. The molecule has 0 unspecified atom stereocenters. The molecule has 0 saturated carbocycles. The molecule has 17 heavy (non-hydrogen) atoms. The van der Waals surface area contributed by atoms with Crippen LogP contribution in [0, 0.1) is 0 Å². The summed E-state index contributed by atoms with van der Waals surface area (Å²) in [5.74, 6) is 0. The van der Waals surface area contributed by atoms with Crippen LogP contribution in [-0.2, 0) is 6.54 Å². The Morgan fingerprint density at radius 3 is 1.88 bits per heavy atom. The van der Waals surface area contributed by atoms with Gasteiger partial charge in [-0.25, -0.2) is 0 Å². The number of rotatable bonds is 3. The van der Waals surface area contributed by atoms with Crippen molar-refractivity contribution < 1.29 is 0 Å². The number of nitrogens with zero attached hydrogens (tertiary/aromatic N) is 1. The van der Waals surface area contributed by atoms with Gasteiger partial charge in [0.1, 0.15) is 0 Å². The van der Waals surface area contributed by atoms with E-state index < -0.39 is 0 Å². The number of hydrogen-bond acceptors (Lipinski definition) is 2. The Hall–Kier alpha value is -1.51. The minimum absolute atomic E-state index is 0.574. The van der Waals surface area contributed by atoms with Crippen molar-refractivity contribution in [1.82, 2.24) is 0 Å². The molecule has 0 bridgehead atoms. The van der Waals surface area contributed by atoms with Crippen LogP contribution in [0.1, 0.15) is 5.56 Å². The predicted molar refractivity (Wildman–Crippen MR) is 73.8 cm³/mol. The lowest BCUT2D eigenvalue weighted by atomic mass is 10.2. The van der Waals surface area contributed by atoms with Crippen LogP contribution in [0.4, 0.5) is 11.4 Å². The maximum absolute atomic E-state index is 5.87. The van der Waals surface area contributed by atoms with E-state index in [0.717, 1.165) is 22.0 Å². The first-order valence-electron chi connectivity index (χ1n) is 5.49. The number of halogens is 1.